The fraction of sp³-hybridized carbons (Fsp3) is 1.00. The van der Waals surface area contributed by atoms with Crippen LogP contribution in [0.2, 0.25) is 14.1 Å². The van der Waals surface area contributed by atoms with Gasteiger partial charge < -0.3 is 0 Å². The van der Waals surface area contributed by atoms with E-state index in [1.54, 1.807) is 77.0 Å². The van der Waals surface area contributed by atoms with Crippen molar-refractivity contribution in [1.29, 1.82) is 0 Å². The molecule has 0 N–H and O–H groups in total. The summed E-state index contributed by atoms with van der Waals surface area (Å²) in [5.74, 6) is 0. The Morgan fingerprint density at radius 1 is 0.438 bits per heavy atom. The maximum absolute atomic E-state index is 1.65. The first-order valence-corrected chi connectivity index (χ1v) is 11.0. The summed E-state index contributed by atoms with van der Waals surface area (Å²) in [6, 6.07) is 0. The molecule has 16 heavy (non-hydrogen) atoms. The van der Waals surface area contributed by atoms with Crippen LogP contribution < -0.4 is 0 Å². The topological polar surface area (TPSA) is 0 Å². The summed E-state index contributed by atoms with van der Waals surface area (Å²) in [6.45, 7) is 0. The van der Waals surface area contributed by atoms with Crippen LogP contribution in [-0.4, -0.2) is 14.7 Å². The van der Waals surface area contributed by atoms with Gasteiger partial charge in [-0.3, -0.25) is 0 Å². The molecule has 0 atom stereocenters. The van der Waals surface area contributed by atoms with E-state index >= 15 is 0 Å². The molecule has 0 nitrogen and oxygen atoms in total. The molecule has 0 saturated heterocycles. The Hall–Kier alpha value is 0.558. The van der Waals surface area contributed by atoms with Gasteiger partial charge in [-0.25, -0.2) is 0 Å². The zero-order valence-corrected chi connectivity index (χ0v) is 12.5. The van der Waals surface area contributed by atoms with Crippen molar-refractivity contribution in [2.24, 2.45) is 0 Å². The van der Waals surface area contributed by atoms with Gasteiger partial charge in [-0.05, 0) is 0 Å². The van der Waals surface area contributed by atoms with Crippen LogP contribution in [0, 0.1) is 0 Å². The van der Waals surface area contributed by atoms with E-state index in [0.29, 0.717) is 0 Å². The van der Waals surface area contributed by atoms with E-state index in [4.69, 9.17) is 0 Å². The Bertz CT molecular complexity index is 169. The van der Waals surface area contributed by atoms with Crippen molar-refractivity contribution in [1.82, 2.24) is 0 Å². The van der Waals surface area contributed by atoms with Crippen molar-refractivity contribution >= 4 is 14.7 Å². The van der Waals surface area contributed by atoms with Crippen molar-refractivity contribution < 1.29 is 0 Å². The van der Waals surface area contributed by atoms with Gasteiger partial charge in [0.25, 0.3) is 0 Å². The molecule has 3 fully saturated rings. The quantitative estimate of drug-likeness (QED) is 0.615. The first-order chi connectivity index (χ1) is 7.95. The Balaban J connectivity index is 1.70. The van der Waals surface area contributed by atoms with Gasteiger partial charge in [0.05, 0.1) is 0 Å². The molecule has 0 amide bonds. The van der Waals surface area contributed by atoms with Gasteiger partial charge in [-0.15, -0.1) is 0 Å². The SMILES string of the molecule is C1CCC([As](C2CCCC2)C2CCCC2)C1. The zero-order valence-electron chi connectivity index (χ0n) is 10.7. The van der Waals surface area contributed by atoms with Gasteiger partial charge in [0, 0.05) is 0 Å². The van der Waals surface area contributed by atoms with Gasteiger partial charge >= 0.3 is 106 Å². The molecular weight excluding hydrogens is 255 g/mol. The Kier molecular flexibility index (Phi) is 3.98. The molecule has 0 aromatic carbocycles. The van der Waals surface area contributed by atoms with Gasteiger partial charge in [0.2, 0.25) is 0 Å². The van der Waals surface area contributed by atoms with Crippen molar-refractivity contribution in [2.45, 2.75) is 91.2 Å². The molecule has 0 spiro atoms. The van der Waals surface area contributed by atoms with Crippen LogP contribution in [0.15, 0.2) is 0 Å². The molecule has 0 heterocycles. The van der Waals surface area contributed by atoms with Crippen LogP contribution in [0.3, 0.4) is 0 Å². The second-order valence-corrected chi connectivity index (χ2v) is 12.7. The summed E-state index contributed by atoms with van der Waals surface area (Å²) < 4.78 is 3.87. The van der Waals surface area contributed by atoms with Crippen LogP contribution in [0.4, 0.5) is 0 Å². The monoisotopic (exact) mass is 282 g/mol. The summed E-state index contributed by atoms with van der Waals surface area (Å²) in [6.07, 6.45) is 19.3. The van der Waals surface area contributed by atoms with E-state index in [1.807, 2.05) is 0 Å². The van der Waals surface area contributed by atoms with Crippen molar-refractivity contribution in [3.63, 3.8) is 0 Å². The van der Waals surface area contributed by atoms with E-state index < -0.39 is 14.7 Å². The number of hydrogen-bond acceptors (Lipinski definition) is 0. The van der Waals surface area contributed by atoms with Crippen LogP contribution >= 0.6 is 0 Å². The minimum atomic E-state index is -0.469. The van der Waals surface area contributed by atoms with E-state index in [0.717, 1.165) is 0 Å². The minimum absolute atomic E-state index is 0.469. The summed E-state index contributed by atoms with van der Waals surface area (Å²) >= 11 is -0.469. The van der Waals surface area contributed by atoms with Gasteiger partial charge in [-0.1, -0.05) is 0 Å². The molecule has 3 saturated carbocycles. The number of hydrogen-bond donors (Lipinski definition) is 0. The molecular formula is C15H27As. The van der Waals surface area contributed by atoms with E-state index in [1.165, 1.54) is 14.1 Å². The molecule has 3 aliphatic rings. The predicted octanol–water partition coefficient (Wildman–Crippen LogP) is 5.31. The summed E-state index contributed by atoms with van der Waals surface area (Å²) in [5, 5.41) is 0. The van der Waals surface area contributed by atoms with Gasteiger partial charge in [0.15, 0.2) is 0 Å². The third-order valence-corrected chi connectivity index (χ3v) is 13.8. The fourth-order valence-corrected chi connectivity index (χ4v) is 14.3. The summed E-state index contributed by atoms with van der Waals surface area (Å²) in [4.78, 5) is 0. The first-order valence-electron chi connectivity index (χ1n) is 7.72. The summed E-state index contributed by atoms with van der Waals surface area (Å²) in [5.41, 5.74) is 0. The van der Waals surface area contributed by atoms with Crippen LogP contribution in [0.5, 0.6) is 0 Å². The third kappa shape index (κ3) is 2.38. The molecule has 3 rings (SSSR count). The molecule has 0 radical (unpaired) electrons. The Morgan fingerprint density at radius 3 is 0.938 bits per heavy atom. The maximum atomic E-state index is 1.65. The summed E-state index contributed by atoms with van der Waals surface area (Å²) in [7, 11) is 0. The Labute approximate surface area is 106 Å². The predicted molar refractivity (Wildman–Crippen MR) is 72.4 cm³/mol. The molecule has 0 aromatic rings. The van der Waals surface area contributed by atoms with Crippen molar-refractivity contribution in [3.8, 4) is 0 Å². The second kappa shape index (κ2) is 5.47. The van der Waals surface area contributed by atoms with E-state index in [9.17, 15) is 0 Å². The third-order valence-electron chi connectivity index (χ3n) is 5.24. The van der Waals surface area contributed by atoms with E-state index in [2.05, 4.69) is 0 Å². The molecule has 3 aliphatic carbocycles. The van der Waals surface area contributed by atoms with E-state index in [-0.39, 0.29) is 0 Å². The normalized spacial score (nSPS) is 29.8. The Morgan fingerprint density at radius 2 is 0.688 bits per heavy atom. The molecule has 0 unspecified atom stereocenters. The average molecular weight is 282 g/mol. The van der Waals surface area contributed by atoms with Crippen molar-refractivity contribution in [3.05, 3.63) is 0 Å². The van der Waals surface area contributed by atoms with Crippen LogP contribution in [0.1, 0.15) is 77.0 Å². The molecule has 0 aliphatic heterocycles. The molecule has 0 bridgehead atoms. The molecule has 0 aromatic heterocycles. The van der Waals surface area contributed by atoms with Gasteiger partial charge in [-0.2, -0.15) is 0 Å². The van der Waals surface area contributed by atoms with Crippen LogP contribution in [0.25, 0.3) is 0 Å². The number of rotatable bonds is 3. The first kappa shape index (κ1) is 11.6. The second-order valence-electron chi connectivity index (χ2n) is 6.26. The molecule has 1 heteroatoms. The van der Waals surface area contributed by atoms with Crippen molar-refractivity contribution in [2.75, 3.05) is 0 Å². The fourth-order valence-electron chi connectivity index (χ4n) is 4.50. The van der Waals surface area contributed by atoms with Gasteiger partial charge in [0.1, 0.15) is 0 Å². The average Bonchev–Trinajstić information content (AvgIpc) is 3.02. The standard InChI is InChI=1S/C15H27As/c1-2-8-13(7-1)16(14-9-3-4-10-14)15-11-5-6-12-15/h13-15H,1-12H2. The molecule has 92 valence electrons. The zero-order chi connectivity index (χ0) is 10.8. The van der Waals surface area contributed by atoms with Crippen LogP contribution in [-0.2, 0) is 0 Å².